The molecule has 18 heavy (non-hydrogen) atoms. The van der Waals surface area contributed by atoms with Gasteiger partial charge in [0.15, 0.2) is 5.54 Å². The summed E-state index contributed by atoms with van der Waals surface area (Å²) in [6.45, 7) is 3.55. The molecule has 5 heteroatoms. The maximum Gasteiger partial charge on any atom is 0.411 e. The molecular weight excluding hydrogens is 234 g/mol. The van der Waals surface area contributed by atoms with Gasteiger partial charge in [-0.3, -0.25) is 4.90 Å². The number of cyclic esters (lactones) is 1. The molecule has 1 unspecified atom stereocenters. The van der Waals surface area contributed by atoms with Crippen LogP contribution in [0.15, 0.2) is 24.3 Å². The van der Waals surface area contributed by atoms with Crippen LogP contribution in [-0.2, 0) is 16.1 Å². The lowest BCUT2D eigenvalue weighted by molar-refractivity contribution is -0.147. The number of aryl methyl sites for hydroxylation is 1. The van der Waals surface area contributed by atoms with Gasteiger partial charge < -0.3 is 9.84 Å². The molecule has 5 nitrogen and oxygen atoms in total. The van der Waals surface area contributed by atoms with E-state index in [0.717, 1.165) is 11.1 Å². The van der Waals surface area contributed by atoms with Crippen LogP contribution in [0.25, 0.3) is 0 Å². The zero-order chi connectivity index (χ0) is 13.3. The Hall–Kier alpha value is -2.04. The molecule has 1 aliphatic rings. The molecule has 1 N–H and O–H groups in total. The van der Waals surface area contributed by atoms with E-state index in [1.165, 1.54) is 11.8 Å². The van der Waals surface area contributed by atoms with Crippen molar-refractivity contribution in [1.82, 2.24) is 4.90 Å². The number of ether oxygens (including phenoxy) is 1. The van der Waals surface area contributed by atoms with Gasteiger partial charge in [-0.05, 0) is 25.0 Å². The van der Waals surface area contributed by atoms with E-state index in [2.05, 4.69) is 0 Å². The number of hydrogen-bond donors (Lipinski definition) is 1. The van der Waals surface area contributed by atoms with Crippen molar-refractivity contribution in [2.24, 2.45) is 0 Å². The Morgan fingerprint density at radius 2 is 2.17 bits per heavy atom. The van der Waals surface area contributed by atoms with Gasteiger partial charge in [0.2, 0.25) is 0 Å². The minimum absolute atomic E-state index is 0.118. The second kappa shape index (κ2) is 4.33. The van der Waals surface area contributed by atoms with Crippen molar-refractivity contribution in [2.75, 3.05) is 6.61 Å². The Morgan fingerprint density at radius 3 is 2.78 bits per heavy atom. The lowest BCUT2D eigenvalue weighted by atomic mass is 10.0. The van der Waals surface area contributed by atoms with Gasteiger partial charge >= 0.3 is 12.1 Å². The summed E-state index contributed by atoms with van der Waals surface area (Å²) in [5.41, 5.74) is 0.646. The summed E-state index contributed by atoms with van der Waals surface area (Å²) >= 11 is 0. The van der Waals surface area contributed by atoms with Crippen LogP contribution in [0.1, 0.15) is 18.1 Å². The summed E-state index contributed by atoms with van der Waals surface area (Å²) in [6.07, 6.45) is -0.580. The quantitative estimate of drug-likeness (QED) is 0.886. The minimum Gasteiger partial charge on any atom is -0.479 e. The number of amides is 1. The van der Waals surface area contributed by atoms with E-state index in [9.17, 15) is 14.7 Å². The summed E-state index contributed by atoms with van der Waals surface area (Å²) in [6, 6.07) is 7.57. The van der Waals surface area contributed by atoms with Gasteiger partial charge in [0, 0.05) is 0 Å². The van der Waals surface area contributed by atoms with Crippen LogP contribution in [0.3, 0.4) is 0 Å². The minimum atomic E-state index is -1.29. The number of carboxylic acid groups (broad SMARTS) is 1. The molecule has 96 valence electrons. The summed E-state index contributed by atoms with van der Waals surface area (Å²) in [7, 11) is 0. The molecule has 1 saturated heterocycles. The smallest absolute Gasteiger partial charge is 0.411 e. The first-order valence-electron chi connectivity index (χ1n) is 5.67. The lowest BCUT2D eigenvalue weighted by Crippen LogP contribution is -2.50. The topological polar surface area (TPSA) is 66.8 Å². The lowest BCUT2D eigenvalue weighted by Gasteiger charge is -2.28. The third kappa shape index (κ3) is 1.92. The van der Waals surface area contributed by atoms with Gasteiger partial charge in [0.25, 0.3) is 0 Å². The fourth-order valence-corrected chi connectivity index (χ4v) is 1.93. The first kappa shape index (κ1) is 12.4. The maximum atomic E-state index is 11.7. The van der Waals surface area contributed by atoms with Crippen LogP contribution in [0.5, 0.6) is 0 Å². The van der Waals surface area contributed by atoms with E-state index in [0.29, 0.717) is 0 Å². The fraction of sp³-hybridized carbons (Fsp3) is 0.385. The van der Waals surface area contributed by atoms with Crippen LogP contribution in [0.4, 0.5) is 4.79 Å². The number of rotatable bonds is 3. The molecule has 0 bridgehead atoms. The Balaban J connectivity index is 2.29. The number of nitrogens with zero attached hydrogens (tertiary/aromatic N) is 1. The van der Waals surface area contributed by atoms with Gasteiger partial charge in [-0.25, -0.2) is 9.59 Å². The zero-order valence-electron chi connectivity index (χ0n) is 10.3. The summed E-state index contributed by atoms with van der Waals surface area (Å²) in [4.78, 5) is 24.2. The Labute approximate surface area is 105 Å². The molecule has 1 atom stereocenters. The van der Waals surface area contributed by atoms with Gasteiger partial charge in [0.05, 0.1) is 6.54 Å². The molecule has 1 amide bonds. The van der Waals surface area contributed by atoms with E-state index in [1.54, 1.807) is 0 Å². The molecule has 1 aromatic carbocycles. The molecule has 1 aromatic rings. The molecule has 1 aliphatic heterocycles. The Morgan fingerprint density at radius 1 is 1.50 bits per heavy atom. The predicted molar refractivity (Wildman–Crippen MR) is 64.1 cm³/mol. The Kier molecular flexibility index (Phi) is 2.98. The predicted octanol–water partition coefficient (Wildman–Crippen LogP) is 1.79. The molecule has 1 heterocycles. The third-order valence-corrected chi connectivity index (χ3v) is 3.34. The van der Waals surface area contributed by atoms with Crippen LogP contribution in [0.2, 0.25) is 0 Å². The van der Waals surface area contributed by atoms with Gasteiger partial charge in [-0.15, -0.1) is 0 Å². The van der Waals surface area contributed by atoms with Crippen LogP contribution >= 0.6 is 0 Å². The monoisotopic (exact) mass is 249 g/mol. The van der Waals surface area contributed by atoms with Crippen molar-refractivity contribution in [1.29, 1.82) is 0 Å². The second-order valence-corrected chi connectivity index (χ2v) is 4.65. The average Bonchev–Trinajstić information content (AvgIpc) is 2.61. The summed E-state index contributed by atoms with van der Waals surface area (Å²) in [5.74, 6) is -1.05. The summed E-state index contributed by atoms with van der Waals surface area (Å²) in [5, 5.41) is 9.23. The van der Waals surface area contributed by atoms with E-state index in [1.807, 2.05) is 31.2 Å². The highest BCUT2D eigenvalue weighted by Crippen LogP contribution is 2.27. The van der Waals surface area contributed by atoms with Crippen LogP contribution in [-0.4, -0.2) is 34.2 Å². The number of aliphatic carboxylic acids is 1. The number of carbonyl (C=O) groups is 2. The molecule has 0 aromatic heterocycles. The van der Waals surface area contributed by atoms with Crippen LogP contribution < -0.4 is 0 Å². The van der Waals surface area contributed by atoms with Gasteiger partial charge in [0.1, 0.15) is 6.61 Å². The van der Waals surface area contributed by atoms with E-state index >= 15 is 0 Å². The first-order valence-corrected chi connectivity index (χ1v) is 5.67. The highest BCUT2D eigenvalue weighted by atomic mass is 16.6. The van der Waals surface area contributed by atoms with Crippen molar-refractivity contribution >= 4 is 12.1 Å². The van der Waals surface area contributed by atoms with Crippen molar-refractivity contribution in [2.45, 2.75) is 25.9 Å². The molecule has 0 aliphatic carbocycles. The van der Waals surface area contributed by atoms with Crippen molar-refractivity contribution in [3.05, 3.63) is 35.4 Å². The Bertz CT molecular complexity index is 500. The maximum absolute atomic E-state index is 11.7. The van der Waals surface area contributed by atoms with Gasteiger partial charge in [-0.2, -0.15) is 0 Å². The third-order valence-electron chi connectivity index (χ3n) is 3.34. The van der Waals surface area contributed by atoms with E-state index in [4.69, 9.17) is 4.74 Å². The largest absolute Gasteiger partial charge is 0.479 e. The standard InChI is InChI=1S/C13H15NO4/c1-9-5-3-4-6-10(9)7-14-12(17)18-8-13(14,2)11(15)16/h3-6H,7-8H2,1-2H3,(H,15,16). The van der Waals surface area contributed by atoms with E-state index < -0.39 is 17.6 Å². The number of carbonyl (C=O) groups excluding carboxylic acids is 1. The molecule has 1 fully saturated rings. The van der Waals surface area contributed by atoms with Crippen molar-refractivity contribution in [3.63, 3.8) is 0 Å². The number of carboxylic acids is 1. The highest BCUT2D eigenvalue weighted by Gasteiger charge is 2.49. The highest BCUT2D eigenvalue weighted by molar-refractivity contribution is 5.86. The normalized spacial score (nSPS) is 23.0. The first-order chi connectivity index (χ1) is 8.45. The SMILES string of the molecule is Cc1ccccc1CN1C(=O)OCC1(C)C(=O)O. The molecular formula is C13H15NO4. The van der Waals surface area contributed by atoms with Crippen LogP contribution in [0, 0.1) is 6.92 Å². The summed E-state index contributed by atoms with van der Waals surface area (Å²) < 4.78 is 4.86. The zero-order valence-corrected chi connectivity index (χ0v) is 10.3. The molecule has 0 spiro atoms. The average molecular weight is 249 g/mol. The molecule has 0 radical (unpaired) electrons. The van der Waals surface area contributed by atoms with Crippen molar-refractivity contribution < 1.29 is 19.4 Å². The number of benzene rings is 1. The molecule has 0 saturated carbocycles. The fourth-order valence-electron chi connectivity index (χ4n) is 1.93. The van der Waals surface area contributed by atoms with Crippen molar-refractivity contribution in [3.8, 4) is 0 Å². The van der Waals surface area contributed by atoms with Gasteiger partial charge in [-0.1, -0.05) is 24.3 Å². The van der Waals surface area contributed by atoms with E-state index in [-0.39, 0.29) is 13.2 Å². The molecule has 2 rings (SSSR count). The second-order valence-electron chi connectivity index (χ2n) is 4.65. The number of hydrogen-bond acceptors (Lipinski definition) is 3.